The van der Waals surface area contributed by atoms with Crippen molar-refractivity contribution in [3.8, 4) is 0 Å². The standard InChI is InChI=1S/C21H42N2O3.ClH/c1-3-4-5-6-7-8-9-10-11-12-13-17-20(24)23-18-15-14-16-19(22)21(25)26-2;/h19H,3-18,22H2,1-2H3,(H,23,24);1H/t19-;/m0./s1. The van der Waals surface area contributed by atoms with Gasteiger partial charge in [-0.25, -0.2) is 0 Å². The first-order valence-corrected chi connectivity index (χ1v) is 10.7. The predicted octanol–water partition coefficient (Wildman–Crippen LogP) is 4.90. The van der Waals surface area contributed by atoms with Gasteiger partial charge >= 0.3 is 5.97 Å². The van der Waals surface area contributed by atoms with Gasteiger partial charge in [0.15, 0.2) is 0 Å². The maximum absolute atomic E-state index is 11.7. The number of nitrogens with two attached hydrogens (primary N) is 1. The second-order valence-electron chi connectivity index (χ2n) is 7.26. The van der Waals surface area contributed by atoms with E-state index in [1.54, 1.807) is 0 Å². The second kappa shape index (κ2) is 21.5. The molecule has 1 atom stereocenters. The molecule has 0 aromatic heterocycles. The van der Waals surface area contributed by atoms with Crippen LogP contribution in [0.2, 0.25) is 0 Å². The first-order chi connectivity index (χ1) is 12.6. The molecule has 3 N–H and O–H groups in total. The summed E-state index contributed by atoms with van der Waals surface area (Å²) in [6.45, 7) is 2.91. The summed E-state index contributed by atoms with van der Waals surface area (Å²) in [6.07, 6.45) is 17.1. The smallest absolute Gasteiger partial charge is 0.322 e. The predicted molar refractivity (Wildman–Crippen MR) is 115 cm³/mol. The van der Waals surface area contributed by atoms with Crippen molar-refractivity contribution in [2.24, 2.45) is 5.73 Å². The second-order valence-corrected chi connectivity index (χ2v) is 7.26. The highest BCUT2D eigenvalue weighted by Gasteiger charge is 2.12. The number of carbonyl (C=O) groups excluding carboxylic acids is 2. The Morgan fingerprint density at radius 3 is 1.89 bits per heavy atom. The van der Waals surface area contributed by atoms with Gasteiger partial charge < -0.3 is 15.8 Å². The van der Waals surface area contributed by atoms with Crippen LogP contribution < -0.4 is 11.1 Å². The number of hydrogen-bond donors (Lipinski definition) is 2. The number of nitrogens with one attached hydrogen (secondary N) is 1. The molecule has 0 aliphatic rings. The molecule has 0 aromatic rings. The third-order valence-electron chi connectivity index (χ3n) is 4.78. The Morgan fingerprint density at radius 1 is 0.852 bits per heavy atom. The lowest BCUT2D eigenvalue weighted by Crippen LogP contribution is -2.31. The Labute approximate surface area is 173 Å². The molecule has 0 spiro atoms. The normalized spacial score (nSPS) is 11.5. The van der Waals surface area contributed by atoms with E-state index in [4.69, 9.17) is 5.73 Å². The molecule has 5 nitrogen and oxygen atoms in total. The summed E-state index contributed by atoms with van der Waals surface area (Å²) in [5.41, 5.74) is 5.66. The fourth-order valence-electron chi connectivity index (χ4n) is 3.02. The zero-order chi connectivity index (χ0) is 19.5. The van der Waals surface area contributed by atoms with E-state index >= 15 is 0 Å². The van der Waals surface area contributed by atoms with E-state index < -0.39 is 6.04 Å². The summed E-state index contributed by atoms with van der Waals surface area (Å²) < 4.78 is 4.58. The van der Waals surface area contributed by atoms with Crippen molar-refractivity contribution >= 4 is 24.3 Å². The van der Waals surface area contributed by atoms with Gasteiger partial charge in [0.2, 0.25) is 5.91 Å². The Morgan fingerprint density at radius 2 is 1.37 bits per heavy atom. The fourth-order valence-corrected chi connectivity index (χ4v) is 3.02. The van der Waals surface area contributed by atoms with Gasteiger partial charge in [-0.2, -0.15) is 0 Å². The lowest BCUT2D eigenvalue weighted by atomic mass is 10.1. The fraction of sp³-hybridized carbons (Fsp3) is 0.905. The van der Waals surface area contributed by atoms with Crippen molar-refractivity contribution in [1.29, 1.82) is 0 Å². The highest BCUT2D eigenvalue weighted by atomic mass is 35.5. The molecule has 0 aliphatic heterocycles. The van der Waals surface area contributed by atoms with Crippen LogP contribution in [0, 0.1) is 0 Å². The zero-order valence-electron chi connectivity index (χ0n) is 17.6. The van der Waals surface area contributed by atoms with E-state index in [2.05, 4.69) is 17.0 Å². The van der Waals surface area contributed by atoms with Crippen LogP contribution in [0.4, 0.5) is 0 Å². The molecule has 0 radical (unpaired) electrons. The van der Waals surface area contributed by atoms with Crippen molar-refractivity contribution in [2.75, 3.05) is 13.7 Å². The van der Waals surface area contributed by atoms with Crippen LogP contribution >= 0.6 is 12.4 Å². The summed E-state index contributed by atoms with van der Waals surface area (Å²) in [4.78, 5) is 22.9. The van der Waals surface area contributed by atoms with Crippen molar-refractivity contribution in [3.05, 3.63) is 0 Å². The minimum absolute atomic E-state index is 0. The Balaban J connectivity index is 0. The number of halogens is 1. The maximum Gasteiger partial charge on any atom is 0.322 e. The Kier molecular flexibility index (Phi) is 22.6. The third kappa shape index (κ3) is 19.7. The molecule has 0 heterocycles. The van der Waals surface area contributed by atoms with Gasteiger partial charge in [0.05, 0.1) is 7.11 Å². The monoisotopic (exact) mass is 406 g/mol. The van der Waals surface area contributed by atoms with Crippen LogP contribution in [0.1, 0.15) is 103 Å². The number of unbranched alkanes of at least 4 members (excludes halogenated alkanes) is 11. The van der Waals surface area contributed by atoms with Crippen molar-refractivity contribution in [1.82, 2.24) is 5.32 Å². The number of methoxy groups -OCH3 is 1. The highest BCUT2D eigenvalue weighted by Crippen LogP contribution is 2.11. The van der Waals surface area contributed by atoms with Gasteiger partial charge in [0, 0.05) is 13.0 Å². The first kappa shape index (κ1) is 28.4. The molecular weight excluding hydrogens is 364 g/mol. The SMILES string of the molecule is CCCCCCCCCCCCCC(=O)NCCCC[C@H](N)C(=O)OC.Cl. The summed E-state index contributed by atoms with van der Waals surface area (Å²) >= 11 is 0. The average Bonchev–Trinajstić information content (AvgIpc) is 2.64. The molecule has 0 aromatic carbocycles. The minimum atomic E-state index is -0.549. The number of amides is 1. The van der Waals surface area contributed by atoms with Crippen LogP contribution in [0.25, 0.3) is 0 Å². The van der Waals surface area contributed by atoms with Gasteiger partial charge in [-0.15, -0.1) is 12.4 Å². The van der Waals surface area contributed by atoms with Gasteiger partial charge in [-0.3, -0.25) is 9.59 Å². The number of esters is 1. The molecule has 162 valence electrons. The van der Waals surface area contributed by atoms with E-state index in [-0.39, 0.29) is 24.3 Å². The van der Waals surface area contributed by atoms with Gasteiger partial charge in [-0.1, -0.05) is 71.1 Å². The van der Waals surface area contributed by atoms with Gasteiger partial charge in [0.25, 0.3) is 0 Å². The highest BCUT2D eigenvalue weighted by molar-refractivity contribution is 5.85. The van der Waals surface area contributed by atoms with Crippen molar-refractivity contribution in [2.45, 2.75) is 109 Å². The number of carbonyl (C=O) groups is 2. The average molecular weight is 407 g/mol. The van der Waals surface area contributed by atoms with Crippen molar-refractivity contribution < 1.29 is 14.3 Å². The van der Waals surface area contributed by atoms with Crippen molar-refractivity contribution in [3.63, 3.8) is 0 Å². The molecule has 0 saturated carbocycles. The van der Waals surface area contributed by atoms with E-state index in [9.17, 15) is 9.59 Å². The lowest BCUT2D eigenvalue weighted by molar-refractivity contribution is -0.142. The molecular formula is C21H43ClN2O3. The van der Waals surface area contributed by atoms with E-state index in [0.29, 0.717) is 19.4 Å². The number of ether oxygens (including phenoxy) is 1. The molecule has 0 unspecified atom stereocenters. The van der Waals surface area contributed by atoms with Crippen LogP contribution in [-0.2, 0) is 14.3 Å². The van der Waals surface area contributed by atoms with Gasteiger partial charge in [0.1, 0.15) is 6.04 Å². The Bertz CT molecular complexity index is 354. The third-order valence-corrected chi connectivity index (χ3v) is 4.78. The maximum atomic E-state index is 11.7. The molecule has 0 bridgehead atoms. The summed E-state index contributed by atoms with van der Waals surface area (Å²) in [7, 11) is 1.34. The molecule has 0 rings (SSSR count). The van der Waals surface area contributed by atoms with Crippen LogP contribution in [-0.4, -0.2) is 31.6 Å². The van der Waals surface area contributed by atoms with E-state index in [1.807, 2.05) is 0 Å². The molecule has 27 heavy (non-hydrogen) atoms. The van der Waals surface area contributed by atoms with Crippen LogP contribution in [0.15, 0.2) is 0 Å². The molecule has 0 saturated heterocycles. The van der Waals surface area contributed by atoms with E-state index in [1.165, 1.54) is 64.9 Å². The van der Waals surface area contributed by atoms with Gasteiger partial charge in [-0.05, 0) is 25.7 Å². The molecule has 0 aliphatic carbocycles. The quantitative estimate of drug-likeness (QED) is 0.250. The molecule has 6 heteroatoms. The van der Waals surface area contributed by atoms with Crippen LogP contribution in [0.3, 0.4) is 0 Å². The zero-order valence-corrected chi connectivity index (χ0v) is 18.4. The molecule has 1 amide bonds. The van der Waals surface area contributed by atoms with E-state index in [0.717, 1.165) is 25.7 Å². The minimum Gasteiger partial charge on any atom is -0.468 e. The number of hydrogen-bond acceptors (Lipinski definition) is 4. The Hall–Kier alpha value is -0.810. The largest absolute Gasteiger partial charge is 0.468 e. The first-order valence-electron chi connectivity index (χ1n) is 10.7. The summed E-state index contributed by atoms with van der Waals surface area (Å²) in [6, 6.07) is -0.549. The summed E-state index contributed by atoms with van der Waals surface area (Å²) in [5, 5.41) is 2.94. The lowest BCUT2D eigenvalue weighted by Gasteiger charge is -2.09. The number of rotatable bonds is 18. The molecule has 0 fully saturated rings. The topological polar surface area (TPSA) is 81.4 Å². The van der Waals surface area contributed by atoms with Crippen LogP contribution in [0.5, 0.6) is 0 Å². The summed E-state index contributed by atoms with van der Waals surface area (Å²) in [5.74, 6) is -0.233.